The number of nitrogens with zero attached hydrogens (tertiary/aromatic N) is 1. The standard InChI is InChI=1S/C13H15NO4S/c15-13(18-8-10-4-2-1-3-5-10)14-7-12-6-11(14)9-19(12,16)17/h1-5,11-12H,6-9H2/t11-,12+/m0/s1. The summed E-state index contributed by atoms with van der Waals surface area (Å²) in [5, 5.41) is -0.387. The number of carbonyl (C=O) groups excluding carboxylic acids is 1. The topological polar surface area (TPSA) is 63.7 Å². The largest absolute Gasteiger partial charge is 0.445 e. The predicted octanol–water partition coefficient (Wildman–Crippen LogP) is 1.19. The number of hydrogen-bond donors (Lipinski definition) is 0. The van der Waals surface area contributed by atoms with Crippen molar-refractivity contribution >= 4 is 15.9 Å². The highest BCUT2D eigenvalue weighted by Gasteiger charge is 2.50. The van der Waals surface area contributed by atoms with Gasteiger partial charge in [-0.3, -0.25) is 0 Å². The molecule has 2 aliphatic rings. The summed E-state index contributed by atoms with van der Waals surface area (Å²) in [6.45, 7) is 0.501. The quantitative estimate of drug-likeness (QED) is 0.817. The van der Waals surface area contributed by atoms with Crippen LogP contribution < -0.4 is 0 Å². The smallest absolute Gasteiger partial charge is 0.410 e. The van der Waals surface area contributed by atoms with Gasteiger partial charge in [-0.25, -0.2) is 13.2 Å². The van der Waals surface area contributed by atoms with Gasteiger partial charge in [-0.1, -0.05) is 30.3 Å². The van der Waals surface area contributed by atoms with E-state index >= 15 is 0 Å². The van der Waals surface area contributed by atoms with Crippen molar-refractivity contribution in [3.8, 4) is 0 Å². The zero-order valence-corrected chi connectivity index (χ0v) is 11.2. The summed E-state index contributed by atoms with van der Waals surface area (Å²) < 4.78 is 28.4. The molecule has 102 valence electrons. The van der Waals surface area contributed by atoms with E-state index in [1.165, 1.54) is 0 Å². The second-order valence-corrected chi connectivity index (χ2v) is 7.36. The number of rotatable bonds is 2. The van der Waals surface area contributed by atoms with E-state index in [4.69, 9.17) is 4.74 Å². The molecule has 2 bridgehead atoms. The molecule has 2 aliphatic heterocycles. The van der Waals surface area contributed by atoms with Crippen molar-refractivity contribution in [1.82, 2.24) is 4.90 Å². The van der Waals surface area contributed by atoms with Gasteiger partial charge in [0.15, 0.2) is 9.84 Å². The molecule has 0 spiro atoms. The summed E-state index contributed by atoms with van der Waals surface area (Å²) >= 11 is 0. The summed E-state index contributed by atoms with van der Waals surface area (Å²) in [4.78, 5) is 13.5. The number of amides is 1. The molecule has 0 saturated carbocycles. The normalized spacial score (nSPS) is 27.5. The van der Waals surface area contributed by atoms with Gasteiger partial charge in [-0.2, -0.15) is 0 Å². The van der Waals surface area contributed by atoms with Gasteiger partial charge in [-0.05, 0) is 12.0 Å². The molecule has 0 aromatic heterocycles. The van der Waals surface area contributed by atoms with Crippen LogP contribution in [0.15, 0.2) is 30.3 Å². The maximum atomic E-state index is 11.9. The maximum absolute atomic E-state index is 11.9. The monoisotopic (exact) mass is 281 g/mol. The van der Waals surface area contributed by atoms with Crippen molar-refractivity contribution < 1.29 is 17.9 Å². The Hall–Kier alpha value is -1.56. The summed E-state index contributed by atoms with van der Waals surface area (Å²) in [7, 11) is -2.97. The summed E-state index contributed by atoms with van der Waals surface area (Å²) in [5.74, 6) is 0.0815. The lowest BCUT2D eigenvalue weighted by Gasteiger charge is -2.25. The lowest BCUT2D eigenvalue weighted by atomic mass is 10.2. The number of likely N-dealkylation sites (tertiary alicyclic amines) is 1. The number of hydrogen-bond acceptors (Lipinski definition) is 4. The molecular formula is C13H15NO4S. The Balaban J connectivity index is 1.59. The number of carbonyl (C=O) groups is 1. The highest BCUT2D eigenvalue weighted by atomic mass is 32.2. The number of sulfone groups is 1. The van der Waals surface area contributed by atoms with Crippen LogP contribution >= 0.6 is 0 Å². The van der Waals surface area contributed by atoms with E-state index in [9.17, 15) is 13.2 Å². The molecular weight excluding hydrogens is 266 g/mol. The van der Waals surface area contributed by atoms with Crippen molar-refractivity contribution in [1.29, 1.82) is 0 Å². The van der Waals surface area contributed by atoms with Gasteiger partial charge < -0.3 is 9.64 Å². The van der Waals surface area contributed by atoms with E-state index in [2.05, 4.69) is 0 Å². The molecule has 2 saturated heterocycles. The van der Waals surface area contributed by atoms with Crippen LogP contribution in [0.2, 0.25) is 0 Å². The SMILES string of the molecule is O=C(OCc1ccccc1)N1C[C@H]2C[C@H]1CS2(=O)=O. The van der Waals surface area contributed by atoms with Gasteiger partial charge in [0.1, 0.15) is 6.61 Å². The molecule has 2 fully saturated rings. The molecule has 1 amide bonds. The average molecular weight is 281 g/mol. The van der Waals surface area contributed by atoms with Crippen molar-refractivity contribution in [2.24, 2.45) is 0 Å². The summed E-state index contributed by atoms with van der Waals surface area (Å²) in [6, 6.07) is 9.23. The van der Waals surface area contributed by atoms with E-state index in [-0.39, 0.29) is 30.2 Å². The highest BCUT2D eigenvalue weighted by Crippen LogP contribution is 2.33. The molecule has 3 rings (SSSR count). The van der Waals surface area contributed by atoms with E-state index in [0.717, 1.165) is 5.56 Å². The summed E-state index contributed by atoms with van der Waals surface area (Å²) in [6.07, 6.45) is 0.147. The third-order valence-electron chi connectivity index (χ3n) is 3.75. The van der Waals surface area contributed by atoms with Crippen LogP contribution in [0.3, 0.4) is 0 Å². The van der Waals surface area contributed by atoms with Crippen LogP contribution in [0.25, 0.3) is 0 Å². The van der Waals surface area contributed by atoms with E-state index in [1.807, 2.05) is 30.3 Å². The van der Waals surface area contributed by atoms with Gasteiger partial charge in [0.05, 0.1) is 17.0 Å². The van der Waals surface area contributed by atoms with Crippen LogP contribution in [0.5, 0.6) is 0 Å². The predicted molar refractivity (Wildman–Crippen MR) is 69.3 cm³/mol. The van der Waals surface area contributed by atoms with Gasteiger partial charge in [-0.15, -0.1) is 0 Å². The lowest BCUT2D eigenvalue weighted by Crippen LogP contribution is -2.44. The molecule has 5 nitrogen and oxygen atoms in total. The molecule has 2 atom stereocenters. The molecule has 19 heavy (non-hydrogen) atoms. The fraction of sp³-hybridized carbons (Fsp3) is 0.462. The number of ether oxygens (including phenoxy) is 1. The Morgan fingerprint density at radius 2 is 2.05 bits per heavy atom. The van der Waals surface area contributed by atoms with E-state index in [0.29, 0.717) is 6.42 Å². The molecule has 2 heterocycles. The minimum atomic E-state index is -2.97. The molecule has 1 aromatic rings. The minimum Gasteiger partial charge on any atom is -0.445 e. The van der Waals surface area contributed by atoms with Crippen molar-refractivity contribution in [3.63, 3.8) is 0 Å². The molecule has 0 radical (unpaired) electrons. The van der Waals surface area contributed by atoms with Gasteiger partial charge in [0, 0.05) is 6.54 Å². The fourth-order valence-electron chi connectivity index (χ4n) is 2.72. The first-order chi connectivity index (χ1) is 9.06. The first-order valence-electron chi connectivity index (χ1n) is 6.25. The van der Waals surface area contributed by atoms with Crippen molar-refractivity contribution in [2.75, 3.05) is 12.3 Å². The first kappa shape index (κ1) is 12.5. The van der Waals surface area contributed by atoms with Crippen molar-refractivity contribution in [3.05, 3.63) is 35.9 Å². The van der Waals surface area contributed by atoms with Crippen LogP contribution in [-0.2, 0) is 21.2 Å². The third-order valence-corrected chi connectivity index (χ3v) is 5.95. The van der Waals surface area contributed by atoms with Crippen LogP contribution in [0, 0.1) is 0 Å². The first-order valence-corrected chi connectivity index (χ1v) is 7.97. The third kappa shape index (κ3) is 2.32. The van der Waals surface area contributed by atoms with Crippen LogP contribution in [0.4, 0.5) is 4.79 Å². The Morgan fingerprint density at radius 1 is 1.32 bits per heavy atom. The fourth-order valence-corrected chi connectivity index (χ4v) is 4.75. The molecule has 0 unspecified atom stereocenters. The maximum Gasteiger partial charge on any atom is 0.410 e. The second-order valence-electron chi connectivity index (χ2n) is 5.03. The van der Waals surface area contributed by atoms with Crippen molar-refractivity contribution in [2.45, 2.75) is 24.3 Å². The Morgan fingerprint density at radius 3 is 2.63 bits per heavy atom. The average Bonchev–Trinajstić information content (AvgIpc) is 2.93. The Kier molecular flexibility index (Phi) is 2.97. The number of fused-ring (bicyclic) bond motifs is 2. The van der Waals surface area contributed by atoms with Crippen LogP contribution in [-0.4, -0.2) is 43.0 Å². The summed E-state index contributed by atoms with van der Waals surface area (Å²) in [5.41, 5.74) is 0.924. The number of benzene rings is 1. The van der Waals surface area contributed by atoms with Gasteiger partial charge in [0.25, 0.3) is 0 Å². The zero-order valence-electron chi connectivity index (χ0n) is 10.4. The second kappa shape index (κ2) is 4.52. The van der Waals surface area contributed by atoms with Gasteiger partial charge in [0.2, 0.25) is 0 Å². The Bertz CT molecular complexity index is 584. The molecule has 6 heteroatoms. The minimum absolute atomic E-state index is 0.0815. The highest BCUT2D eigenvalue weighted by molar-refractivity contribution is 7.92. The molecule has 0 aliphatic carbocycles. The molecule has 0 N–H and O–H groups in total. The van der Waals surface area contributed by atoms with Gasteiger partial charge >= 0.3 is 6.09 Å². The van der Waals surface area contributed by atoms with E-state index < -0.39 is 15.9 Å². The van der Waals surface area contributed by atoms with E-state index in [1.54, 1.807) is 4.90 Å². The zero-order chi connectivity index (χ0) is 13.5. The Labute approximate surface area is 112 Å². The lowest BCUT2D eigenvalue weighted by molar-refractivity contribution is 0.0941. The molecule has 1 aromatic carbocycles. The van der Waals surface area contributed by atoms with Crippen LogP contribution in [0.1, 0.15) is 12.0 Å².